The minimum Gasteiger partial charge on any atom is -0.369 e. The average Bonchev–Trinajstić information content (AvgIpc) is 3.21. The van der Waals surface area contributed by atoms with Gasteiger partial charge < -0.3 is 45.8 Å². The summed E-state index contributed by atoms with van der Waals surface area (Å²) in [7, 11) is 11.3. The first-order valence-electron chi connectivity index (χ1n) is 22.6. The molecule has 18 nitrogen and oxygen atoms in total. The summed E-state index contributed by atoms with van der Waals surface area (Å²) in [5.41, 5.74) is 0. The molecule has 7 atom stereocenters. The highest BCUT2D eigenvalue weighted by Gasteiger charge is 2.40. The van der Waals surface area contributed by atoms with E-state index in [1.54, 1.807) is 32.1 Å². The summed E-state index contributed by atoms with van der Waals surface area (Å²) in [5, 5.41) is 9.91. The van der Waals surface area contributed by atoms with E-state index in [1.807, 2.05) is 62.6 Å². The van der Waals surface area contributed by atoms with Gasteiger partial charge in [0.25, 0.3) is 5.91 Å². The lowest BCUT2D eigenvalue weighted by Crippen LogP contribution is -2.61. The molecule has 0 aromatic rings. The molecule has 0 rings (SSSR count). The lowest BCUT2D eigenvalue weighted by molar-refractivity contribution is -0.147. The minimum absolute atomic E-state index is 0.0301. The zero-order chi connectivity index (χ0) is 49.8. The van der Waals surface area contributed by atoms with Crippen LogP contribution in [0, 0.1) is 23.7 Å². The summed E-state index contributed by atoms with van der Waals surface area (Å²) < 4.78 is 0. The van der Waals surface area contributed by atoms with Crippen LogP contribution in [0.25, 0.3) is 0 Å². The van der Waals surface area contributed by atoms with Crippen LogP contribution in [0.15, 0.2) is 4.99 Å². The van der Waals surface area contributed by atoms with E-state index in [9.17, 15) is 38.4 Å². The van der Waals surface area contributed by atoms with Gasteiger partial charge in [-0.3, -0.25) is 43.3 Å². The third-order valence-electron chi connectivity index (χ3n) is 10.6. The Bertz CT molecular complexity index is 1580. The molecular weight excluding hydrogens is 841 g/mol. The maximum Gasteiger partial charge on any atom is 0.256 e. The molecule has 0 aromatic carbocycles. The molecule has 0 saturated carbocycles. The van der Waals surface area contributed by atoms with E-state index >= 15 is 0 Å². The smallest absolute Gasteiger partial charge is 0.256 e. The molecule has 8 amide bonds. The first-order valence-corrected chi connectivity index (χ1v) is 23.7. The number of carbonyl (C=O) groups is 8. The minimum atomic E-state index is -1.11. The van der Waals surface area contributed by atoms with Crippen LogP contribution >= 0.6 is 11.8 Å². The van der Waals surface area contributed by atoms with Gasteiger partial charge in [0.2, 0.25) is 41.4 Å². The number of carbonyl (C=O) groups excluding carboxylic acids is 8. The van der Waals surface area contributed by atoms with Gasteiger partial charge in [0.1, 0.15) is 36.3 Å². The van der Waals surface area contributed by atoms with Crippen LogP contribution < -0.4 is 21.3 Å². The summed E-state index contributed by atoms with van der Waals surface area (Å²) in [6.45, 7) is 20.3. The van der Waals surface area contributed by atoms with Crippen molar-refractivity contribution in [3.8, 4) is 0 Å². The molecule has 0 heterocycles. The summed E-state index contributed by atoms with van der Waals surface area (Å²) in [5.74, 6) is -3.72. The molecule has 19 heteroatoms. The van der Waals surface area contributed by atoms with E-state index in [-0.39, 0.29) is 48.8 Å². The van der Waals surface area contributed by atoms with Crippen molar-refractivity contribution < 1.29 is 38.4 Å². The monoisotopic (exact) mass is 925 g/mol. The van der Waals surface area contributed by atoms with Crippen LogP contribution in [0.5, 0.6) is 0 Å². The number of aliphatic imine (C=N–C) groups is 1. The van der Waals surface area contributed by atoms with E-state index in [1.165, 1.54) is 73.4 Å². The Morgan fingerprint density at radius 2 is 1.00 bits per heavy atom. The normalized spacial score (nSPS) is 14.8. The maximum atomic E-state index is 14.4. The second-order valence-electron chi connectivity index (χ2n) is 18.6. The molecule has 0 aliphatic rings. The van der Waals surface area contributed by atoms with Crippen LogP contribution in [-0.4, -0.2) is 181 Å². The van der Waals surface area contributed by atoms with Crippen molar-refractivity contribution in [2.24, 2.45) is 28.7 Å². The Hall–Kier alpha value is -4.42. The van der Waals surface area contributed by atoms with Gasteiger partial charge in [-0.1, -0.05) is 62.3 Å². The van der Waals surface area contributed by atoms with Crippen molar-refractivity contribution in [2.75, 3.05) is 61.6 Å². The number of nitrogens with one attached hydrogen (secondary N) is 4. The molecule has 368 valence electrons. The van der Waals surface area contributed by atoms with Crippen molar-refractivity contribution in [2.45, 2.75) is 150 Å². The Morgan fingerprint density at radius 3 is 1.44 bits per heavy atom. The number of hydrogen-bond acceptors (Lipinski definition) is 10. The highest BCUT2D eigenvalue weighted by atomic mass is 32.2. The van der Waals surface area contributed by atoms with Gasteiger partial charge in [-0.2, -0.15) is 0 Å². The van der Waals surface area contributed by atoms with E-state index in [2.05, 4.69) is 26.3 Å². The molecule has 0 saturated heterocycles. The van der Waals surface area contributed by atoms with Gasteiger partial charge in [-0.15, -0.1) is 11.8 Å². The highest BCUT2D eigenvalue weighted by molar-refractivity contribution is 8.00. The van der Waals surface area contributed by atoms with Crippen LogP contribution in [0.1, 0.15) is 108 Å². The molecule has 64 heavy (non-hydrogen) atoms. The Labute approximate surface area is 388 Å². The zero-order valence-electron chi connectivity index (χ0n) is 42.2. The van der Waals surface area contributed by atoms with Crippen molar-refractivity contribution >= 4 is 65.4 Å². The standard InChI is InChI=1S/C45H84N10O8S/c1-19-20-36(56)55(18)45(64-22-21-47-26-51(13)14)44(63)54(17)35(25-29(6)7)41(60)50-37(30(8)9)43(62)53(16)34(24-28(4)5)40(59)48-31(10)38(57)49-32(11)42(61)52(15)33(23-27(2)3)39(58)46-12/h26-35,37,45H,19-25H2,1-18H3,(H,46,58)(H,48,59)(H,49,57)(H,50,60)/t31-,32+,33-,34-,35-,37-,45+/m0/s1. The predicted molar refractivity (Wildman–Crippen MR) is 255 cm³/mol. The molecule has 4 N–H and O–H groups in total. The van der Waals surface area contributed by atoms with Crippen molar-refractivity contribution in [1.82, 2.24) is 45.8 Å². The van der Waals surface area contributed by atoms with E-state index in [0.717, 1.165) is 0 Å². The number of hydrogen-bond donors (Lipinski definition) is 4. The lowest BCUT2D eigenvalue weighted by Gasteiger charge is -2.37. The van der Waals surface area contributed by atoms with Gasteiger partial charge in [-0.05, 0) is 63.2 Å². The summed E-state index contributed by atoms with van der Waals surface area (Å²) in [4.78, 5) is 121. The van der Waals surface area contributed by atoms with E-state index in [4.69, 9.17) is 0 Å². The van der Waals surface area contributed by atoms with Gasteiger partial charge in [0, 0.05) is 68.1 Å². The Balaban J connectivity index is 6.40. The van der Waals surface area contributed by atoms with E-state index in [0.29, 0.717) is 25.1 Å². The third kappa shape index (κ3) is 19.8. The predicted octanol–water partition coefficient (Wildman–Crippen LogP) is 2.41. The fourth-order valence-corrected chi connectivity index (χ4v) is 7.92. The van der Waals surface area contributed by atoms with Crippen molar-refractivity contribution in [3.63, 3.8) is 0 Å². The molecule has 0 unspecified atom stereocenters. The van der Waals surface area contributed by atoms with Crippen molar-refractivity contribution in [1.29, 1.82) is 0 Å². The first-order chi connectivity index (χ1) is 29.6. The maximum absolute atomic E-state index is 14.4. The van der Waals surface area contributed by atoms with Crippen molar-refractivity contribution in [3.05, 3.63) is 0 Å². The van der Waals surface area contributed by atoms with Crippen LogP contribution in [0.2, 0.25) is 0 Å². The summed E-state index contributed by atoms with van der Waals surface area (Å²) in [6.07, 6.45) is 3.45. The molecule has 0 spiro atoms. The SMILES string of the molecule is CCCC(=O)N(C)[C@H](SCCN=CN(C)C)C(=O)N(C)[C@@H](CC(C)C)C(=O)N[C@H](C(=O)N(C)[C@@H](CC(C)C)C(=O)N[C@@H](C)C(=O)N[C@H](C)C(=O)N(C)[C@@H](CC(C)C)C(=O)NC)C(C)C. The lowest BCUT2D eigenvalue weighted by atomic mass is 9.97. The second-order valence-corrected chi connectivity index (χ2v) is 19.7. The first kappa shape index (κ1) is 59.6. The second kappa shape index (κ2) is 29.2. The number of rotatable bonds is 28. The molecule has 0 bridgehead atoms. The molecule has 0 aliphatic heterocycles. The average molecular weight is 925 g/mol. The number of amides is 8. The topological polar surface area (TPSA) is 213 Å². The summed E-state index contributed by atoms with van der Waals surface area (Å²) >= 11 is 1.27. The highest BCUT2D eigenvalue weighted by Crippen LogP contribution is 2.23. The fraction of sp³-hybridized carbons (Fsp3) is 0.800. The zero-order valence-corrected chi connectivity index (χ0v) is 43.1. The van der Waals surface area contributed by atoms with Gasteiger partial charge >= 0.3 is 0 Å². The van der Waals surface area contributed by atoms with Gasteiger partial charge in [0.15, 0.2) is 5.37 Å². The number of likely N-dealkylation sites (N-methyl/N-ethyl adjacent to an activating group) is 5. The van der Waals surface area contributed by atoms with Gasteiger partial charge in [-0.25, -0.2) is 0 Å². The molecule has 0 aliphatic carbocycles. The van der Waals surface area contributed by atoms with Gasteiger partial charge in [0.05, 0.1) is 6.34 Å². The largest absolute Gasteiger partial charge is 0.369 e. The van der Waals surface area contributed by atoms with E-state index < -0.39 is 83.0 Å². The Morgan fingerprint density at radius 1 is 0.562 bits per heavy atom. The molecule has 0 aromatic heterocycles. The summed E-state index contributed by atoms with van der Waals surface area (Å²) in [6, 6.07) is -5.99. The quantitative estimate of drug-likeness (QED) is 0.0390. The Kier molecular flexibility index (Phi) is 27.2. The third-order valence-corrected chi connectivity index (χ3v) is 11.9. The molecular formula is C45H84N10O8S. The van der Waals surface area contributed by atoms with Crippen LogP contribution in [-0.2, 0) is 38.4 Å². The fourth-order valence-electron chi connectivity index (χ4n) is 6.84. The van der Waals surface area contributed by atoms with Crippen LogP contribution in [0.3, 0.4) is 0 Å². The number of nitrogens with zero attached hydrogens (tertiary/aromatic N) is 6. The van der Waals surface area contributed by atoms with Crippen LogP contribution in [0.4, 0.5) is 0 Å². The number of thioether (sulfide) groups is 1. The molecule has 0 radical (unpaired) electrons. The molecule has 0 fully saturated rings.